The van der Waals surface area contributed by atoms with E-state index in [2.05, 4.69) is 13.8 Å². The number of unbranched alkanes of at least 4 members (excludes halogenated alkanes) is 7. The molecule has 0 N–H and O–H groups in total. The van der Waals surface area contributed by atoms with Crippen LogP contribution in [0.3, 0.4) is 0 Å². The Bertz CT molecular complexity index is 163. The molecule has 16 heavy (non-hydrogen) atoms. The molecule has 0 amide bonds. The average Bonchev–Trinajstić information content (AvgIpc) is 2.31. The van der Waals surface area contributed by atoms with Gasteiger partial charge in [-0.05, 0) is 6.42 Å². The molecule has 0 saturated carbocycles. The van der Waals surface area contributed by atoms with Gasteiger partial charge in [-0.1, -0.05) is 72.1 Å². The molecule has 0 aliphatic carbocycles. The van der Waals surface area contributed by atoms with Crippen LogP contribution in [0.1, 0.15) is 85.0 Å². The van der Waals surface area contributed by atoms with Crippen molar-refractivity contribution < 1.29 is 4.79 Å². The molecule has 0 saturated heterocycles. The number of carbonyl (C=O) groups is 1. The maximum Gasteiger partial charge on any atom is 0.135 e. The second-order valence-corrected chi connectivity index (χ2v) is 4.98. The number of hydrogen-bond acceptors (Lipinski definition) is 1. The Morgan fingerprint density at radius 3 is 1.88 bits per heavy atom. The largest absolute Gasteiger partial charge is 0.299 e. The minimum atomic E-state index is 0.296. The van der Waals surface area contributed by atoms with Crippen LogP contribution in [0.5, 0.6) is 0 Å². The molecule has 0 bridgehead atoms. The van der Waals surface area contributed by atoms with Gasteiger partial charge in [0.15, 0.2) is 0 Å². The van der Waals surface area contributed by atoms with Crippen LogP contribution in [0.4, 0.5) is 0 Å². The van der Waals surface area contributed by atoms with E-state index in [4.69, 9.17) is 0 Å². The summed E-state index contributed by atoms with van der Waals surface area (Å²) in [6.07, 6.45) is 12.6. The fraction of sp³-hybridized carbons (Fsp3) is 0.933. The third-order valence-corrected chi connectivity index (χ3v) is 3.39. The lowest BCUT2D eigenvalue weighted by Gasteiger charge is -2.08. The molecule has 0 fully saturated rings. The molecule has 0 aromatic carbocycles. The van der Waals surface area contributed by atoms with Crippen molar-refractivity contribution in [1.82, 2.24) is 0 Å². The van der Waals surface area contributed by atoms with E-state index in [1.807, 2.05) is 6.92 Å². The minimum absolute atomic E-state index is 0.296. The first-order valence-electron chi connectivity index (χ1n) is 7.25. The highest BCUT2D eigenvalue weighted by atomic mass is 16.1. The first-order chi connectivity index (χ1) is 7.72. The monoisotopic (exact) mass is 226 g/mol. The number of rotatable bonds is 11. The summed E-state index contributed by atoms with van der Waals surface area (Å²) in [6, 6.07) is 0. The smallest absolute Gasteiger partial charge is 0.135 e. The van der Waals surface area contributed by atoms with Crippen molar-refractivity contribution in [3.05, 3.63) is 0 Å². The van der Waals surface area contributed by atoms with Crippen LogP contribution in [0.15, 0.2) is 0 Å². The van der Waals surface area contributed by atoms with Crippen LogP contribution in [-0.2, 0) is 4.79 Å². The highest BCUT2D eigenvalue weighted by molar-refractivity contribution is 5.80. The molecule has 0 spiro atoms. The first kappa shape index (κ1) is 15.7. The predicted octanol–water partition coefficient (Wildman–Crippen LogP) is 5.13. The van der Waals surface area contributed by atoms with Crippen molar-refractivity contribution in [2.45, 2.75) is 85.0 Å². The van der Waals surface area contributed by atoms with Gasteiger partial charge in [0, 0.05) is 12.3 Å². The summed E-state index contributed by atoms with van der Waals surface area (Å²) in [5.74, 6) is 0.730. The molecule has 1 heteroatoms. The summed E-state index contributed by atoms with van der Waals surface area (Å²) in [5, 5.41) is 0. The van der Waals surface area contributed by atoms with Gasteiger partial charge in [0.2, 0.25) is 0 Å². The van der Waals surface area contributed by atoms with E-state index in [9.17, 15) is 4.79 Å². The van der Waals surface area contributed by atoms with E-state index in [0.717, 1.165) is 6.42 Å². The molecule has 0 rings (SSSR count). The Morgan fingerprint density at radius 2 is 1.38 bits per heavy atom. The van der Waals surface area contributed by atoms with Crippen LogP contribution >= 0.6 is 0 Å². The van der Waals surface area contributed by atoms with E-state index >= 15 is 0 Å². The quantitative estimate of drug-likeness (QED) is 0.446. The fourth-order valence-corrected chi connectivity index (χ4v) is 2.09. The van der Waals surface area contributed by atoms with Gasteiger partial charge in [-0.15, -0.1) is 0 Å². The van der Waals surface area contributed by atoms with E-state index in [1.165, 1.54) is 51.4 Å². The lowest BCUT2D eigenvalue weighted by atomic mass is 9.97. The summed E-state index contributed by atoms with van der Waals surface area (Å²) in [7, 11) is 0. The van der Waals surface area contributed by atoms with Gasteiger partial charge in [-0.2, -0.15) is 0 Å². The minimum Gasteiger partial charge on any atom is -0.299 e. The zero-order valence-electron chi connectivity index (χ0n) is 11.6. The summed E-state index contributed by atoms with van der Waals surface area (Å²) < 4.78 is 0. The summed E-state index contributed by atoms with van der Waals surface area (Å²) in [4.78, 5) is 11.3. The van der Waals surface area contributed by atoms with Gasteiger partial charge < -0.3 is 0 Å². The van der Waals surface area contributed by atoms with Gasteiger partial charge in [0.1, 0.15) is 5.78 Å². The molecule has 1 nitrogen and oxygen atoms in total. The van der Waals surface area contributed by atoms with Crippen molar-refractivity contribution in [3.8, 4) is 0 Å². The van der Waals surface area contributed by atoms with Gasteiger partial charge in [-0.3, -0.25) is 4.79 Å². The SMILES string of the molecule is CCCCCCCCCCC(C)C(=O)CC. The predicted molar refractivity (Wildman–Crippen MR) is 71.7 cm³/mol. The number of Topliss-reactive ketones (excluding diaryl/α,β-unsaturated/α-hetero) is 1. The maximum atomic E-state index is 11.3. The molecule has 1 unspecified atom stereocenters. The molecule has 0 aromatic heterocycles. The van der Waals surface area contributed by atoms with Crippen LogP contribution in [0.2, 0.25) is 0 Å². The Kier molecular flexibility index (Phi) is 10.9. The van der Waals surface area contributed by atoms with Crippen LogP contribution in [-0.4, -0.2) is 5.78 Å². The zero-order chi connectivity index (χ0) is 12.2. The third-order valence-electron chi connectivity index (χ3n) is 3.39. The van der Waals surface area contributed by atoms with Crippen molar-refractivity contribution in [3.63, 3.8) is 0 Å². The van der Waals surface area contributed by atoms with E-state index in [-0.39, 0.29) is 0 Å². The second kappa shape index (κ2) is 11.2. The molecule has 96 valence electrons. The molecular formula is C15H30O. The van der Waals surface area contributed by atoms with Crippen LogP contribution in [0, 0.1) is 5.92 Å². The van der Waals surface area contributed by atoms with Crippen molar-refractivity contribution >= 4 is 5.78 Å². The molecular weight excluding hydrogens is 196 g/mol. The Labute approximate surface area is 102 Å². The topological polar surface area (TPSA) is 17.1 Å². The molecule has 1 atom stereocenters. The Hall–Kier alpha value is -0.330. The van der Waals surface area contributed by atoms with E-state index in [1.54, 1.807) is 0 Å². The summed E-state index contributed by atoms with van der Waals surface area (Å²) in [6.45, 7) is 6.30. The molecule has 0 heterocycles. The Balaban J connectivity index is 3.17. The standard InChI is InChI=1S/C15H30O/c1-4-6-7-8-9-10-11-12-13-14(3)15(16)5-2/h14H,4-13H2,1-3H3. The lowest BCUT2D eigenvalue weighted by molar-refractivity contribution is -0.122. The molecule has 0 aromatic rings. The van der Waals surface area contributed by atoms with Gasteiger partial charge in [0.05, 0.1) is 0 Å². The highest BCUT2D eigenvalue weighted by Crippen LogP contribution is 2.14. The Morgan fingerprint density at radius 1 is 0.875 bits per heavy atom. The van der Waals surface area contributed by atoms with Gasteiger partial charge in [0.25, 0.3) is 0 Å². The normalized spacial score (nSPS) is 12.7. The fourth-order valence-electron chi connectivity index (χ4n) is 2.09. The summed E-state index contributed by atoms with van der Waals surface area (Å²) in [5.41, 5.74) is 0. The van der Waals surface area contributed by atoms with Crippen molar-refractivity contribution in [2.75, 3.05) is 0 Å². The number of ketones is 1. The van der Waals surface area contributed by atoms with Crippen LogP contribution in [0.25, 0.3) is 0 Å². The zero-order valence-corrected chi connectivity index (χ0v) is 11.6. The second-order valence-electron chi connectivity index (χ2n) is 4.98. The van der Waals surface area contributed by atoms with Crippen molar-refractivity contribution in [2.24, 2.45) is 5.92 Å². The molecule has 0 radical (unpaired) electrons. The summed E-state index contributed by atoms with van der Waals surface area (Å²) >= 11 is 0. The highest BCUT2D eigenvalue weighted by Gasteiger charge is 2.09. The average molecular weight is 226 g/mol. The third kappa shape index (κ3) is 8.94. The first-order valence-corrected chi connectivity index (χ1v) is 7.25. The van der Waals surface area contributed by atoms with Crippen LogP contribution < -0.4 is 0 Å². The number of hydrogen-bond donors (Lipinski definition) is 0. The molecule has 0 aliphatic heterocycles. The maximum absolute atomic E-state index is 11.3. The van der Waals surface area contributed by atoms with E-state index < -0.39 is 0 Å². The molecule has 0 aliphatic rings. The van der Waals surface area contributed by atoms with Crippen molar-refractivity contribution in [1.29, 1.82) is 0 Å². The number of carbonyl (C=O) groups excluding carboxylic acids is 1. The van der Waals surface area contributed by atoms with Gasteiger partial charge in [-0.25, -0.2) is 0 Å². The van der Waals surface area contributed by atoms with E-state index in [0.29, 0.717) is 18.1 Å². The lowest BCUT2D eigenvalue weighted by Crippen LogP contribution is -2.08. The van der Waals surface area contributed by atoms with Gasteiger partial charge >= 0.3 is 0 Å².